The Balaban J connectivity index is 1.91. The van der Waals surface area contributed by atoms with Gasteiger partial charge in [-0.15, -0.1) is 0 Å². The number of phosphoric acid groups is 1. The summed E-state index contributed by atoms with van der Waals surface area (Å²) >= 11 is 0. The number of hydrogen-bond donors (Lipinski definition) is 10. The Labute approximate surface area is 718 Å². The number of phosphoric ester groups is 1. The van der Waals surface area contributed by atoms with Crippen molar-refractivity contribution in [3.05, 3.63) is 12.2 Å². The zero-order valence-corrected chi connectivity index (χ0v) is 75.7. The number of carbonyl (C=O) groups is 4. The Morgan fingerprint density at radius 2 is 0.681 bits per heavy atom. The summed E-state index contributed by atoms with van der Waals surface area (Å²) in [6.45, 7) is 7.95. The van der Waals surface area contributed by atoms with Crippen molar-refractivity contribution in [3.8, 4) is 0 Å². The Kier molecular flexibility index (Phi) is 66.1. The number of aliphatic hydroxyl groups is 9. The van der Waals surface area contributed by atoms with Crippen LogP contribution in [0.3, 0.4) is 0 Å². The molecule has 2 heterocycles. The van der Waals surface area contributed by atoms with Gasteiger partial charge in [-0.2, -0.15) is 0 Å². The van der Waals surface area contributed by atoms with E-state index in [1.165, 1.54) is 180 Å². The van der Waals surface area contributed by atoms with Gasteiger partial charge in [-0.05, 0) is 57.3 Å². The largest absolute Gasteiger partial charge is 0.472 e. The topological polar surface area (TPSA) is 380 Å². The molecule has 700 valence electrons. The fraction of sp³-hybridized carbons (Fsp3) is 0.935. The molecule has 2 aliphatic heterocycles. The Morgan fingerprint density at radius 3 is 1.09 bits per heavy atom. The third-order valence-electron chi connectivity index (χ3n) is 23.9. The molecular weight excluding hydrogens is 1550 g/mol. The number of aliphatic hydroxyl groups excluding tert-OH is 9. The summed E-state index contributed by atoms with van der Waals surface area (Å²) in [7, 11) is -5.81. The third kappa shape index (κ3) is 51.6. The normalized spacial score (nSPS) is 25.1. The molecule has 25 nitrogen and oxygen atoms in total. The second kappa shape index (κ2) is 71.3. The Bertz CT molecular complexity index is 2530. The smallest absolute Gasteiger partial charge is 0.463 e. The highest BCUT2D eigenvalue weighted by atomic mass is 31.2. The first-order valence-corrected chi connectivity index (χ1v) is 49.8. The molecule has 3 fully saturated rings. The van der Waals surface area contributed by atoms with Gasteiger partial charge >= 0.3 is 31.7 Å². The van der Waals surface area contributed by atoms with Gasteiger partial charge in [0.15, 0.2) is 24.8 Å². The van der Waals surface area contributed by atoms with Gasteiger partial charge in [-0.1, -0.05) is 355 Å². The zero-order valence-electron chi connectivity index (χ0n) is 74.8. The van der Waals surface area contributed by atoms with Crippen LogP contribution in [-0.2, 0) is 70.7 Å². The third-order valence-corrected chi connectivity index (χ3v) is 24.9. The predicted octanol–water partition coefficient (Wildman–Crippen LogP) is 18.2. The van der Waals surface area contributed by atoms with Crippen molar-refractivity contribution < 1.29 is 122 Å². The molecule has 19 unspecified atom stereocenters. The monoisotopic (exact) mass is 1720 g/mol. The second-order valence-electron chi connectivity index (χ2n) is 34.9. The van der Waals surface area contributed by atoms with Crippen molar-refractivity contribution in [3.63, 3.8) is 0 Å². The van der Waals surface area contributed by atoms with Crippen molar-refractivity contribution >= 4 is 31.7 Å². The van der Waals surface area contributed by atoms with Crippen LogP contribution in [0.1, 0.15) is 420 Å². The molecule has 19 atom stereocenters. The maximum atomic E-state index is 14.9. The molecule has 2 saturated heterocycles. The molecule has 10 N–H and O–H groups in total. The van der Waals surface area contributed by atoms with Crippen LogP contribution in [0.25, 0.3) is 0 Å². The number of esters is 4. The highest BCUT2D eigenvalue weighted by Gasteiger charge is 2.60. The fourth-order valence-corrected chi connectivity index (χ4v) is 17.1. The van der Waals surface area contributed by atoms with Crippen LogP contribution in [0.2, 0.25) is 0 Å². The van der Waals surface area contributed by atoms with Crippen LogP contribution in [-0.4, -0.2) is 205 Å². The van der Waals surface area contributed by atoms with Crippen molar-refractivity contribution in [2.24, 2.45) is 5.92 Å². The van der Waals surface area contributed by atoms with E-state index in [1.54, 1.807) is 0 Å². The summed E-state index contributed by atoms with van der Waals surface area (Å²) in [4.78, 5) is 66.6. The van der Waals surface area contributed by atoms with Crippen molar-refractivity contribution in [2.45, 2.75) is 524 Å². The van der Waals surface area contributed by atoms with Gasteiger partial charge in [0.2, 0.25) is 0 Å². The van der Waals surface area contributed by atoms with Gasteiger partial charge in [0.1, 0.15) is 92.6 Å². The van der Waals surface area contributed by atoms with E-state index in [0.717, 1.165) is 148 Å². The molecule has 3 aliphatic rings. The number of unbranched alkanes of at least 4 members (excludes halogenated alkanes) is 48. The predicted molar refractivity (Wildman–Crippen MR) is 463 cm³/mol. The van der Waals surface area contributed by atoms with E-state index < -0.39 is 162 Å². The lowest BCUT2D eigenvalue weighted by Gasteiger charge is -2.50. The van der Waals surface area contributed by atoms with Crippen molar-refractivity contribution in [1.82, 2.24) is 0 Å². The molecule has 0 amide bonds. The SMILES string of the molecule is CCCCCC/C=C\CCCCCCCCCC(=O)OCC1OC(OC2C(OC(=O)CCCCCCCCCCCCCCCCCC)C(O)C(O)C(OC3OC(CO)C(O)C(O)C3O)C2OP(=O)(O)OCC(COC(=O)CCCCCCCCC(C)CCCCCCCC)OC(=O)CCCCCCCCCCCCCCC)C(O)C(O)C1O. The molecule has 119 heavy (non-hydrogen) atoms. The van der Waals surface area contributed by atoms with Crippen LogP contribution in [0.4, 0.5) is 0 Å². The van der Waals surface area contributed by atoms with Gasteiger partial charge in [0, 0.05) is 25.7 Å². The van der Waals surface area contributed by atoms with E-state index in [0.29, 0.717) is 38.0 Å². The number of allylic oxidation sites excluding steroid dienone is 2. The number of carbonyl (C=O) groups excluding carboxylic acids is 4. The molecular formula is C93H173O25P. The second-order valence-corrected chi connectivity index (χ2v) is 36.3. The maximum absolute atomic E-state index is 14.9. The molecule has 0 aromatic heterocycles. The number of rotatable bonds is 78. The van der Waals surface area contributed by atoms with E-state index in [-0.39, 0.29) is 25.7 Å². The molecule has 0 radical (unpaired) electrons. The first-order valence-electron chi connectivity index (χ1n) is 48.3. The first kappa shape index (κ1) is 110. The van der Waals surface area contributed by atoms with E-state index in [9.17, 15) is 74.6 Å². The zero-order chi connectivity index (χ0) is 86.9. The van der Waals surface area contributed by atoms with Crippen molar-refractivity contribution in [1.29, 1.82) is 0 Å². The van der Waals surface area contributed by atoms with Gasteiger partial charge < -0.3 is 88.7 Å². The lowest BCUT2D eigenvalue weighted by atomic mass is 9.84. The van der Waals surface area contributed by atoms with Gasteiger partial charge in [-0.3, -0.25) is 28.2 Å². The molecule has 1 saturated carbocycles. The first-order chi connectivity index (χ1) is 57.6. The van der Waals surface area contributed by atoms with Crippen LogP contribution in [0.5, 0.6) is 0 Å². The molecule has 0 aromatic carbocycles. The van der Waals surface area contributed by atoms with Gasteiger partial charge in [0.25, 0.3) is 0 Å². The van der Waals surface area contributed by atoms with Crippen LogP contribution >= 0.6 is 7.82 Å². The van der Waals surface area contributed by atoms with Crippen LogP contribution in [0.15, 0.2) is 12.2 Å². The standard InChI is InChI=1S/C93H173O25P/c1-6-10-14-18-22-25-28-31-33-35-38-41-44-47-55-61-67-79(98)115-88-84(103)85(104)89(116-92-86(105)82(101)80(99)74(68-94)113-92)91(90(88)117-93-87(106)83(102)81(100)75(114-93)71-110-77(96)65-59-52-45-42-39-37-34-32-29-26-23-19-15-11-7-2)118-119(107,108)111-70-73(112-78(97)66-60-54-46-43-40-36-30-27-24-20-16-12-8-3)69-109-76(95)64-58-53-49-48-51-57-63-72(5)62-56-50-21-17-13-9-4/h26,29,72-75,80-94,99-106H,6-25,27-28,30-71H2,1-5H3,(H,107,108)/b29-26-. The number of ether oxygens (including phenoxy) is 8. The minimum absolute atomic E-state index is 0.0108. The molecule has 0 aromatic rings. The molecule has 26 heteroatoms. The van der Waals surface area contributed by atoms with Gasteiger partial charge in [-0.25, -0.2) is 4.57 Å². The Morgan fingerprint density at radius 1 is 0.353 bits per heavy atom. The molecule has 3 rings (SSSR count). The summed E-state index contributed by atoms with van der Waals surface area (Å²) in [6, 6.07) is 0. The summed E-state index contributed by atoms with van der Waals surface area (Å²) in [5.74, 6) is -2.26. The van der Waals surface area contributed by atoms with E-state index in [2.05, 4.69) is 46.8 Å². The average molecular weight is 1720 g/mol. The fourth-order valence-electron chi connectivity index (χ4n) is 16.1. The maximum Gasteiger partial charge on any atom is 0.472 e. The van der Waals surface area contributed by atoms with Crippen LogP contribution in [0, 0.1) is 5.92 Å². The minimum Gasteiger partial charge on any atom is -0.463 e. The van der Waals surface area contributed by atoms with Crippen molar-refractivity contribution in [2.75, 3.05) is 26.4 Å². The molecule has 0 bridgehead atoms. The van der Waals surface area contributed by atoms with Crippen LogP contribution < -0.4 is 0 Å². The van der Waals surface area contributed by atoms with E-state index in [4.69, 9.17) is 46.9 Å². The molecule has 0 spiro atoms. The summed E-state index contributed by atoms with van der Waals surface area (Å²) in [6.07, 6.45) is 29.0. The Hall–Kier alpha value is -2.79. The highest BCUT2D eigenvalue weighted by Crippen LogP contribution is 2.49. The number of hydrogen-bond acceptors (Lipinski definition) is 24. The highest BCUT2D eigenvalue weighted by molar-refractivity contribution is 7.47. The lowest BCUT2D eigenvalue weighted by molar-refractivity contribution is -0.360. The lowest BCUT2D eigenvalue weighted by Crippen LogP contribution is -2.70. The quantitative estimate of drug-likeness (QED) is 0.00889. The summed E-state index contributed by atoms with van der Waals surface area (Å²) in [5, 5.41) is 102. The van der Waals surface area contributed by atoms with E-state index >= 15 is 0 Å². The average Bonchev–Trinajstić information content (AvgIpc) is 0.754. The molecule has 1 aliphatic carbocycles. The summed E-state index contributed by atoms with van der Waals surface area (Å²) < 4.78 is 73.6. The summed E-state index contributed by atoms with van der Waals surface area (Å²) in [5.41, 5.74) is 0. The van der Waals surface area contributed by atoms with E-state index in [1.807, 2.05) is 0 Å². The van der Waals surface area contributed by atoms with Gasteiger partial charge in [0.05, 0.1) is 13.2 Å². The minimum atomic E-state index is -5.81.